The fourth-order valence-electron chi connectivity index (χ4n) is 0.725. The molecule has 0 rings (SSSR count). The van der Waals surface area contributed by atoms with Crippen LogP contribution in [0.3, 0.4) is 0 Å². The molecule has 0 aromatic carbocycles. The zero-order valence-corrected chi connectivity index (χ0v) is 7.43. The third-order valence-corrected chi connectivity index (χ3v) is 1.36. The van der Waals surface area contributed by atoms with E-state index in [9.17, 15) is 0 Å². The van der Waals surface area contributed by atoms with Gasteiger partial charge in [0, 0.05) is 6.54 Å². The van der Waals surface area contributed by atoms with Crippen LogP contribution in [-0.4, -0.2) is 25.5 Å². The maximum Gasteiger partial charge on any atom is 0.0157 e. The van der Waals surface area contributed by atoms with Crippen LogP contribution in [0.4, 0.5) is 0 Å². The summed E-state index contributed by atoms with van der Waals surface area (Å²) in [5, 5.41) is 0. The molecule has 0 fully saturated rings. The lowest BCUT2D eigenvalue weighted by Gasteiger charge is -2.02. The van der Waals surface area contributed by atoms with Gasteiger partial charge >= 0.3 is 0 Å². The number of allylic oxidation sites excluding steroid dienone is 1. The molecule has 0 N–H and O–H groups in total. The molecule has 0 saturated carbocycles. The first-order valence-corrected chi connectivity index (χ1v) is 4.07. The highest BCUT2D eigenvalue weighted by atomic mass is 15.0. The molecule has 0 amide bonds. The van der Waals surface area contributed by atoms with Crippen LogP contribution >= 0.6 is 0 Å². The van der Waals surface area contributed by atoms with Crippen molar-refractivity contribution >= 4 is 0 Å². The summed E-state index contributed by atoms with van der Waals surface area (Å²) >= 11 is 0. The zero-order valence-electron chi connectivity index (χ0n) is 7.43. The Labute approximate surface area is 64.7 Å². The van der Waals surface area contributed by atoms with E-state index in [-0.39, 0.29) is 0 Å². The van der Waals surface area contributed by atoms with Crippen molar-refractivity contribution in [3.8, 4) is 0 Å². The zero-order chi connectivity index (χ0) is 7.82. The van der Waals surface area contributed by atoms with E-state index in [0.29, 0.717) is 0 Å². The van der Waals surface area contributed by atoms with Crippen molar-refractivity contribution in [1.82, 2.24) is 4.90 Å². The molecule has 0 aromatic heterocycles. The van der Waals surface area contributed by atoms with Gasteiger partial charge in [-0.25, -0.2) is 0 Å². The average Bonchev–Trinajstić information content (AvgIpc) is 1.87. The molecule has 1 heteroatoms. The minimum Gasteiger partial charge on any atom is -0.306 e. The van der Waals surface area contributed by atoms with E-state index in [4.69, 9.17) is 0 Å². The van der Waals surface area contributed by atoms with Gasteiger partial charge in [-0.2, -0.15) is 0 Å². The average molecular weight is 141 g/mol. The van der Waals surface area contributed by atoms with Gasteiger partial charge in [0.05, 0.1) is 0 Å². The van der Waals surface area contributed by atoms with Crippen molar-refractivity contribution in [1.29, 1.82) is 0 Å². The van der Waals surface area contributed by atoms with Crippen LogP contribution in [0.15, 0.2) is 12.2 Å². The second kappa shape index (κ2) is 6.81. The fraction of sp³-hybridized carbons (Fsp3) is 0.778. The van der Waals surface area contributed by atoms with Crippen LogP contribution in [0.2, 0.25) is 0 Å². The maximum absolute atomic E-state index is 2.27. The summed E-state index contributed by atoms with van der Waals surface area (Å²) in [6, 6.07) is 0. The normalized spacial score (nSPS) is 11.6. The summed E-state index contributed by atoms with van der Waals surface area (Å²) in [7, 11) is 4.17. The molecule has 60 valence electrons. The van der Waals surface area contributed by atoms with Gasteiger partial charge in [-0.15, -0.1) is 0 Å². The van der Waals surface area contributed by atoms with Gasteiger partial charge in [0.1, 0.15) is 0 Å². The van der Waals surface area contributed by atoms with E-state index in [0.717, 1.165) is 6.54 Å². The molecule has 0 radical (unpaired) electrons. The van der Waals surface area contributed by atoms with Crippen LogP contribution in [0.25, 0.3) is 0 Å². The number of nitrogens with zero attached hydrogens (tertiary/aromatic N) is 1. The molecule has 0 atom stereocenters. The van der Waals surface area contributed by atoms with E-state index >= 15 is 0 Å². The van der Waals surface area contributed by atoms with Crippen molar-refractivity contribution in [2.24, 2.45) is 0 Å². The monoisotopic (exact) mass is 141 g/mol. The fourth-order valence-corrected chi connectivity index (χ4v) is 0.725. The molecule has 0 aromatic rings. The molecule has 1 nitrogen and oxygen atoms in total. The third kappa shape index (κ3) is 7.70. The molecule has 0 bridgehead atoms. The predicted octanol–water partition coefficient (Wildman–Crippen LogP) is 2.29. The van der Waals surface area contributed by atoms with Crippen molar-refractivity contribution in [2.75, 3.05) is 20.6 Å². The predicted molar refractivity (Wildman–Crippen MR) is 47.2 cm³/mol. The summed E-state index contributed by atoms with van der Waals surface area (Å²) in [4.78, 5) is 2.17. The molecule has 0 saturated heterocycles. The van der Waals surface area contributed by atoms with Gasteiger partial charge in [0.2, 0.25) is 0 Å². The van der Waals surface area contributed by atoms with Gasteiger partial charge in [-0.3, -0.25) is 0 Å². The Morgan fingerprint density at radius 3 is 2.40 bits per heavy atom. The number of likely N-dealkylation sites (N-methyl/N-ethyl adjacent to an activating group) is 1. The van der Waals surface area contributed by atoms with Crippen LogP contribution in [-0.2, 0) is 0 Å². The molecular weight excluding hydrogens is 122 g/mol. The highest BCUT2D eigenvalue weighted by molar-refractivity contribution is 4.83. The minimum atomic E-state index is 1.07. The Balaban J connectivity index is 3.04. The number of hydrogen-bond acceptors (Lipinski definition) is 1. The van der Waals surface area contributed by atoms with E-state index < -0.39 is 0 Å². The first kappa shape index (κ1) is 9.70. The first-order chi connectivity index (χ1) is 4.77. The summed E-state index contributed by atoms with van der Waals surface area (Å²) < 4.78 is 0. The number of unbranched alkanes of at least 4 members (excludes halogenated alkanes) is 2. The van der Waals surface area contributed by atoms with Crippen molar-refractivity contribution < 1.29 is 0 Å². The Kier molecular flexibility index (Phi) is 6.61. The van der Waals surface area contributed by atoms with Crippen LogP contribution in [0.1, 0.15) is 26.2 Å². The maximum atomic E-state index is 2.27. The lowest BCUT2D eigenvalue weighted by molar-refractivity contribution is 0.456. The van der Waals surface area contributed by atoms with E-state index in [1.165, 1.54) is 19.3 Å². The van der Waals surface area contributed by atoms with E-state index in [1.807, 2.05) is 0 Å². The topological polar surface area (TPSA) is 3.24 Å². The summed E-state index contributed by atoms with van der Waals surface area (Å²) in [5.41, 5.74) is 0. The summed E-state index contributed by atoms with van der Waals surface area (Å²) in [5.74, 6) is 0. The number of rotatable bonds is 5. The van der Waals surface area contributed by atoms with Crippen molar-refractivity contribution in [3.63, 3.8) is 0 Å². The van der Waals surface area contributed by atoms with Crippen LogP contribution in [0.5, 0.6) is 0 Å². The third-order valence-electron chi connectivity index (χ3n) is 1.36. The van der Waals surface area contributed by atoms with Crippen molar-refractivity contribution in [3.05, 3.63) is 12.2 Å². The van der Waals surface area contributed by atoms with Gasteiger partial charge in [-0.1, -0.05) is 31.9 Å². The van der Waals surface area contributed by atoms with Gasteiger partial charge in [0.25, 0.3) is 0 Å². The summed E-state index contributed by atoms with van der Waals surface area (Å²) in [6.45, 7) is 3.30. The molecule has 0 heterocycles. The van der Waals surface area contributed by atoms with Gasteiger partial charge < -0.3 is 4.90 Å². The molecule has 0 aliphatic rings. The highest BCUT2D eigenvalue weighted by Crippen LogP contribution is 1.94. The Morgan fingerprint density at radius 2 is 1.90 bits per heavy atom. The molecule has 0 aliphatic heterocycles. The standard InChI is InChI=1S/C9H19N/c1-4-5-6-7-8-9-10(2)3/h7-8H,4-6,9H2,1-3H3/b8-7+. The second-order valence-corrected chi connectivity index (χ2v) is 2.88. The molecule has 0 spiro atoms. The lowest BCUT2D eigenvalue weighted by atomic mass is 10.2. The molecule has 0 aliphatic carbocycles. The van der Waals surface area contributed by atoms with Crippen LogP contribution < -0.4 is 0 Å². The van der Waals surface area contributed by atoms with Crippen molar-refractivity contribution in [2.45, 2.75) is 26.2 Å². The molecule has 0 unspecified atom stereocenters. The van der Waals surface area contributed by atoms with E-state index in [2.05, 4.69) is 38.1 Å². The van der Waals surface area contributed by atoms with Gasteiger partial charge in [-0.05, 0) is 20.5 Å². The summed E-state index contributed by atoms with van der Waals surface area (Å²) in [6.07, 6.45) is 8.36. The molecular formula is C9H19N. The highest BCUT2D eigenvalue weighted by Gasteiger charge is 1.81. The minimum absolute atomic E-state index is 1.07. The quantitative estimate of drug-likeness (QED) is 0.419. The smallest absolute Gasteiger partial charge is 0.0157 e. The Morgan fingerprint density at radius 1 is 1.20 bits per heavy atom. The second-order valence-electron chi connectivity index (χ2n) is 2.88. The Bertz CT molecular complexity index is 84.7. The largest absolute Gasteiger partial charge is 0.306 e. The molecule has 10 heavy (non-hydrogen) atoms. The first-order valence-electron chi connectivity index (χ1n) is 4.07. The lowest BCUT2D eigenvalue weighted by Crippen LogP contribution is -2.10. The van der Waals surface area contributed by atoms with Crippen LogP contribution in [0, 0.1) is 0 Å². The van der Waals surface area contributed by atoms with E-state index in [1.54, 1.807) is 0 Å². The number of hydrogen-bond donors (Lipinski definition) is 0. The Hall–Kier alpha value is -0.300. The van der Waals surface area contributed by atoms with Gasteiger partial charge in [0.15, 0.2) is 0 Å². The SMILES string of the molecule is CCCC/C=C/CN(C)C.